The fraction of sp³-hybridized carbons (Fsp3) is 0.933. The number of rotatable bonds is 5. The van der Waals surface area contributed by atoms with Crippen molar-refractivity contribution in [2.45, 2.75) is 51.5 Å². The van der Waals surface area contributed by atoms with E-state index in [1.54, 1.807) is 0 Å². The molecule has 0 aromatic heterocycles. The van der Waals surface area contributed by atoms with E-state index in [0.717, 1.165) is 44.9 Å². The molecule has 0 aromatic rings. The fourth-order valence-corrected chi connectivity index (χ4v) is 3.28. The van der Waals surface area contributed by atoms with E-state index in [4.69, 9.17) is 10.5 Å². The highest BCUT2D eigenvalue weighted by atomic mass is 16.5. The molecule has 19 heavy (non-hydrogen) atoms. The predicted octanol–water partition coefficient (Wildman–Crippen LogP) is 1.78. The fourth-order valence-electron chi connectivity index (χ4n) is 3.28. The summed E-state index contributed by atoms with van der Waals surface area (Å²) in [6.07, 6.45) is 6.43. The number of likely N-dealkylation sites (tertiary alicyclic amines) is 1. The first-order valence-corrected chi connectivity index (χ1v) is 7.81. The van der Waals surface area contributed by atoms with Gasteiger partial charge in [-0.2, -0.15) is 0 Å². The third-order valence-electron chi connectivity index (χ3n) is 4.62. The molecule has 4 heteroatoms. The van der Waals surface area contributed by atoms with Crippen LogP contribution in [0.1, 0.15) is 45.4 Å². The number of amides is 1. The van der Waals surface area contributed by atoms with Crippen molar-refractivity contribution >= 4 is 5.91 Å². The van der Waals surface area contributed by atoms with E-state index in [2.05, 4.69) is 6.92 Å². The van der Waals surface area contributed by atoms with E-state index in [-0.39, 0.29) is 6.04 Å². The zero-order chi connectivity index (χ0) is 13.7. The second-order valence-corrected chi connectivity index (χ2v) is 6.11. The molecule has 0 bridgehead atoms. The number of hydrogen-bond acceptors (Lipinski definition) is 3. The lowest BCUT2D eigenvalue weighted by atomic mass is 9.96. The first-order valence-electron chi connectivity index (χ1n) is 7.81. The Morgan fingerprint density at radius 1 is 1.42 bits per heavy atom. The van der Waals surface area contributed by atoms with Gasteiger partial charge >= 0.3 is 0 Å². The molecule has 2 N–H and O–H groups in total. The number of hydrogen-bond donors (Lipinski definition) is 1. The number of nitrogens with zero attached hydrogens (tertiary/aromatic N) is 1. The van der Waals surface area contributed by atoms with Gasteiger partial charge in [0.2, 0.25) is 5.91 Å². The normalized spacial score (nSPS) is 30.4. The molecular weight excluding hydrogens is 240 g/mol. The number of carbonyl (C=O) groups is 1. The summed E-state index contributed by atoms with van der Waals surface area (Å²) < 4.78 is 5.38. The quantitative estimate of drug-likeness (QED) is 0.827. The predicted molar refractivity (Wildman–Crippen MR) is 75.7 cm³/mol. The minimum atomic E-state index is 0.0779. The molecular formula is C15H28N2O2. The Morgan fingerprint density at radius 3 is 2.95 bits per heavy atom. The van der Waals surface area contributed by atoms with Crippen LogP contribution in [0, 0.1) is 11.8 Å². The van der Waals surface area contributed by atoms with E-state index in [9.17, 15) is 4.79 Å². The average Bonchev–Trinajstić information content (AvgIpc) is 2.88. The standard InChI is InChI=1S/C15H28N2O2/c1-2-3-12-4-5-15(18)17(8-6-12)10-14(16)13-7-9-19-11-13/h12-14H,2-11,16H2,1H3. The molecule has 2 aliphatic rings. The molecule has 1 amide bonds. The largest absolute Gasteiger partial charge is 0.381 e. The maximum atomic E-state index is 12.2. The van der Waals surface area contributed by atoms with Crippen LogP contribution < -0.4 is 5.73 Å². The minimum Gasteiger partial charge on any atom is -0.381 e. The van der Waals surface area contributed by atoms with Crippen LogP contribution >= 0.6 is 0 Å². The molecule has 2 heterocycles. The van der Waals surface area contributed by atoms with Crippen LogP contribution in [0.5, 0.6) is 0 Å². The van der Waals surface area contributed by atoms with Crippen molar-refractivity contribution in [3.05, 3.63) is 0 Å². The Bertz CT molecular complexity index is 290. The lowest BCUT2D eigenvalue weighted by Crippen LogP contribution is -2.45. The number of nitrogens with two attached hydrogens (primary N) is 1. The molecule has 2 fully saturated rings. The summed E-state index contributed by atoms with van der Waals surface area (Å²) in [5, 5.41) is 0. The molecule has 3 unspecified atom stereocenters. The molecule has 0 aromatic carbocycles. The highest BCUT2D eigenvalue weighted by molar-refractivity contribution is 5.76. The molecule has 0 spiro atoms. The van der Waals surface area contributed by atoms with Gasteiger partial charge < -0.3 is 15.4 Å². The summed E-state index contributed by atoms with van der Waals surface area (Å²) in [5.74, 6) is 1.46. The summed E-state index contributed by atoms with van der Waals surface area (Å²) >= 11 is 0. The van der Waals surface area contributed by atoms with Crippen LogP contribution in [0.2, 0.25) is 0 Å². The smallest absolute Gasteiger partial charge is 0.222 e. The average molecular weight is 268 g/mol. The topological polar surface area (TPSA) is 55.6 Å². The van der Waals surface area contributed by atoms with Crippen molar-refractivity contribution in [2.24, 2.45) is 17.6 Å². The summed E-state index contributed by atoms with van der Waals surface area (Å²) in [6.45, 7) is 5.42. The monoisotopic (exact) mass is 268 g/mol. The molecule has 0 radical (unpaired) electrons. The van der Waals surface area contributed by atoms with E-state index >= 15 is 0 Å². The van der Waals surface area contributed by atoms with Crippen molar-refractivity contribution in [1.29, 1.82) is 0 Å². The second-order valence-electron chi connectivity index (χ2n) is 6.11. The zero-order valence-corrected chi connectivity index (χ0v) is 12.1. The first-order chi connectivity index (χ1) is 9.20. The third-order valence-corrected chi connectivity index (χ3v) is 4.62. The van der Waals surface area contributed by atoms with Gasteiger partial charge in [-0.1, -0.05) is 19.8 Å². The van der Waals surface area contributed by atoms with Gasteiger partial charge in [0.1, 0.15) is 0 Å². The Labute approximate surface area is 116 Å². The van der Waals surface area contributed by atoms with Crippen molar-refractivity contribution in [3.63, 3.8) is 0 Å². The SMILES string of the molecule is CCCC1CCC(=O)N(CC(N)C2CCOC2)CC1. The second kappa shape index (κ2) is 7.25. The zero-order valence-electron chi connectivity index (χ0n) is 12.1. The van der Waals surface area contributed by atoms with Gasteiger partial charge in [-0.3, -0.25) is 4.79 Å². The Balaban J connectivity index is 1.83. The van der Waals surface area contributed by atoms with Crippen LogP contribution in [0.4, 0.5) is 0 Å². The number of carbonyl (C=O) groups excluding carboxylic acids is 1. The Kier molecular flexibility index (Phi) is 5.64. The van der Waals surface area contributed by atoms with Gasteiger partial charge in [-0.05, 0) is 25.2 Å². The van der Waals surface area contributed by atoms with Crippen LogP contribution in [0.25, 0.3) is 0 Å². The van der Waals surface area contributed by atoms with E-state index in [1.165, 1.54) is 12.8 Å². The Morgan fingerprint density at radius 2 is 2.26 bits per heavy atom. The van der Waals surface area contributed by atoms with Crippen LogP contribution in [-0.4, -0.2) is 43.2 Å². The van der Waals surface area contributed by atoms with Gasteiger partial charge in [-0.15, -0.1) is 0 Å². The van der Waals surface area contributed by atoms with Crippen LogP contribution in [0.3, 0.4) is 0 Å². The van der Waals surface area contributed by atoms with Gasteiger partial charge in [0.05, 0.1) is 6.61 Å². The lowest BCUT2D eigenvalue weighted by Gasteiger charge is -2.27. The van der Waals surface area contributed by atoms with Gasteiger partial charge in [0, 0.05) is 38.1 Å². The van der Waals surface area contributed by atoms with Gasteiger partial charge in [0.25, 0.3) is 0 Å². The maximum absolute atomic E-state index is 12.2. The molecule has 110 valence electrons. The van der Waals surface area contributed by atoms with Crippen LogP contribution in [-0.2, 0) is 9.53 Å². The first kappa shape index (κ1) is 14.8. The maximum Gasteiger partial charge on any atom is 0.222 e. The summed E-state index contributed by atoms with van der Waals surface area (Å²) in [5.41, 5.74) is 6.24. The summed E-state index contributed by atoms with van der Waals surface area (Å²) in [6, 6.07) is 0.0779. The van der Waals surface area contributed by atoms with Crippen molar-refractivity contribution < 1.29 is 9.53 Å². The van der Waals surface area contributed by atoms with Crippen molar-refractivity contribution in [2.75, 3.05) is 26.3 Å². The molecule has 0 aliphatic carbocycles. The highest BCUT2D eigenvalue weighted by Crippen LogP contribution is 2.23. The van der Waals surface area contributed by atoms with Gasteiger partial charge in [-0.25, -0.2) is 0 Å². The van der Waals surface area contributed by atoms with Gasteiger partial charge in [0.15, 0.2) is 0 Å². The van der Waals surface area contributed by atoms with E-state index < -0.39 is 0 Å². The lowest BCUT2D eigenvalue weighted by molar-refractivity contribution is -0.131. The number of ether oxygens (including phenoxy) is 1. The molecule has 2 saturated heterocycles. The third kappa shape index (κ3) is 4.18. The molecule has 0 saturated carbocycles. The van der Waals surface area contributed by atoms with Crippen LogP contribution in [0.15, 0.2) is 0 Å². The van der Waals surface area contributed by atoms with Crippen molar-refractivity contribution in [1.82, 2.24) is 4.90 Å². The Hall–Kier alpha value is -0.610. The molecule has 4 nitrogen and oxygen atoms in total. The molecule has 3 atom stereocenters. The molecule has 2 rings (SSSR count). The summed E-state index contributed by atoms with van der Waals surface area (Å²) in [4.78, 5) is 14.2. The minimum absolute atomic E-state index is 0.0779. The molecule has 2 aliphatic heterocycles. The van der Waals surface area contributed by atoms with Crippen molar-refractivity contribution in [3.8, 4) is 0 Å². The highest BCUT2D eigenvalue weighted by Gasteiger charge is 2.28. The van der Waals surface area contributed by atoms with E-state index in [1.807, 2.05) is 4.90 Å². The summed E-state index contributed by atoms with van der Waals surface area (Å²) in [7, 11) is 0. The van der Waals surface area contributed by atoms with E-state index in [0.29, 0.717) is 24.8 Å².